The van der Waals surface area contributed by atoms with Crippen LogP contribution in [0.15, 0.2) is 42.5 Å². The number of ether oxygens (including phenoxy) is 3. The molecule has 0 aliphatic carbocycles. The average Bonchev–Trinajstić information content (AvgIpc) is 3.16. The van der Waals surface area contributed by atoms with E-state index >= 15 is 0 Å². The molecule has 2 aromatic carbocycles. The molecule has 33 heavy (non-hydrogen) atoms. The second-order valence-electron chi connectivity index (χ2n) is 8.24. The van der Waals surface area contributed by atoms with Gasteiger partial charge in [0.25, 0.3) is 0 Å². The summed E-state index contributed by atoms with van der Waals surface area (Å²) < 4.78 is 16.9. The van der Waals surface area contributed by atoms with Gasteiger partial charge in [0, 0.05) is 35.8 Å². The minimum atomic E-state index is -0.545. The molecule has 3 N–H and O–H groups in total. The van der Waals surface area contributed by atoms with Crippen molar-refractivity contribution in [2.75, 3.05) is 25.6 Å². The smallest absolute Gasteiger partial charge is 0.250 e. The van der Waals surface area contributed by atoms with E-state index in [1.807, 2.05) is 18.2 Å². The fourth-order valence-electron chi connectivity index (χ4n) is 4.38. The number of carbonyl (C=O) groups excluding carboxylic acids is 2. The van der Waals surface area contributed by atoms with Gasteiger partial charge in [-0.2, -0.15) is 0 Å². The number of hydrogen-bond acceptors (Lipinski definition) is 6. The summed E-state index contributed by atoms with van der Waals surface area (Å²) in [5.74, 6) is 0.261. The van der Waals surface area contributed by atoms with Crippen molar-refractivity contribution in [2.24, 2.45) is 0 Å². The van der Waals surface area contributed by atoms with Crippen molar-refractivity contribution in [3.05, 3.63) is 58.6 Å². The van der Waals surface area contributed by atoms with Gasteiger partial charge in [-0.05, 0) is 42.3 Å². The van der Waals surface area contributed by atoms with Crippen LogP contribution in [-0.2, 0) is 25.6 Å². The minimum Gasteiger partial charge on any atom is -0.487 e. The van der Waals surface area contributed by atoms with Gasteiger partial charge in [0.15, 0.2) is 0 Å². The number of rotatable bonds is 8. The molecule has 1 saturated heterocycles. The first-order valence-electron chi connectivity index (χ1n) is 10.8. The van der Waals surface area contributed by atoms with Crippen LogP contribution in [0.3, 0.4) is 0 Å². The molecule has 0 saturated carbocycles. The largest absolute Gasteiger partial charge is 0.487 e. The predicted molar refractivity (Wildman–Crippen MR) is 122 cm³/mol. The van der Waals surface area contributed by atoms with Crippen LogP contribution in [0, 0.1) is 0 Å². The second-order valence-corrected chi connectivity index (χ2v) is 8.68. The van der Waals surface area contributed by atoms with Gasteiger partial charge in [0.2, 0.25) is 11.8 Å². The number of anilines is 1. The van der Waals surface area contributed by atoms with Crippen molar-refractivity contribution in [1.29, 1.82) is 0 Å². The molecule has 0 unspecified atom stereocenters. The van der Waals surface area contributed by atoms with Crippen LogP contribution in [-0.4, -0.2) is 55.6 Å². The molecular formula is C24H27ClN2O6. The maximum Gasteiger partial charge on any atom is 0.250 e. The highest BCUT2D eigenvalue weighted by Crippen LogP contribution is 2.47. The molecule has 2 aromatic rings. The fourth-order valence-corrected chi connectivity index (χ4v) is 4.50. The first-order valence-corrected chi connectivity index (χ1v) is 11.2. The number of aliphatic hydroxyl groups excluding tert-OH is 1. The highest BCUT2D eigenvalue weighted by molar-refractivity contribution is 6.30. The molecule has 176 valence electrons. The molecule has 0 radical (unpaired) electrons. The molecule has 9 heteroatoms. The molecule has 2 amide bonds. The lowest BCUT2D eigenvalue weighted by molar-refractivity contribution is -0.142. The summed E-state index contributed by atoms with van der Waals surface area (Å²) in [4.78, 5) is 24.4. The fraction of sp³-hybridized carbons (Fsp3) is 0.417. The zero-order valence-electron chi connectivity index (χ0n) is 18.3. The Balaban J connectivity index is 1.41. The molecule has 0 aromatic heterocycles. The lowest BCUT2D eigenvalue weighted by Gasteiger charge is -2.37. The van der Waals surface area contributed by atoms with Crippen LogP contribution >= 0.6 is 11.6 Å². The van der Waals surface area contributed by atoms with Crippen LogP contribution in [0.2, 0.25) is 5.02 Å². The van der Waals surface area contributed by atoms with Gasteiger partial charge < -0.3 is 30.0 Å². The standard InChI is InChI=1S/C24H27ClN2O6/c1-31-13-23(30)27-16-6-7-20-18(8-16)19-9-17(32-21(12-28)24(19)33-20)10-22(29)26-11-14-2-4-15(25)5-3-14/h2-8,17,19,21,24,28H,9-13H2,1H3,(H,26,29)(H,27,30)/t17-,19-,21+,24+/m1/s1. The third-order valence-corrected chi connectivity index (χ3v) is 6.13. The molecule has 1 fully saturated rings. The Morgan fingerprint density at radius 2 is 1.97 bits per heavy atom. The molecule has 4 atom stereocenters. The predicted octanol–water partition coefficient (Wildman–Crippen LogP) is 2.63. The van der Waals surface area contributed by atoms with Crippen molar-refractivity contribution >= 4 is 29.1 Å². The van der Waals surface area contributed by atoms with E-state index in [9.17, 15) is 14.7 Å². The van der Waals surface area contributed by atoms with E-state index in [1.54, 1.807) is 24.3 Å². The van der Waals surface area contributed by atoms with E-state index in [2.05, 4.69) is 10.6 Å². The van der Waals surface area contributed by atoms with Gasteiger partial charge in [-0.1, -0.05) is 23.7 Å². The first kappa shape index (κ1) is 23.5. The Hall–Kier alpha value is -2.65. The number of fused-ring (bicyclic) bond motifs is 3. The first-order chi connectivity index (χ1) is 16.0. The van der Waals surface area contributed by atoms with Crippen molar-refractivity contribution in [3.8, 4) is 5.75 Å². The summed E-state index contributed by atoms with van der Waals surface area (Å²) in [6, 6.07) is 12.7. The number of aliphatic hydroxyl groups is 1. The van der Waals surface area contributed by atoms with Gasteiger partial charge in [-0.25, -0.2) is 0 Å². The molecular weight excluding hydrogens is 448 g/mol. The highest BCUT2D eigenvalue weighted by atomic mass is 35.5. The van der Waals surface area contributed by atoms with E-state index in [-0.39, 0.29) is 49.6 Å². The van der Waals surface area contributed by atoms with Crippen LogP contribution in [0.4, 0.5) is 5.69 Å². The van der Waals surface area contributed by atoms with Crippen molar-refractivity contribution in [1.82, 2.24) is 5.32 Å². The minimum absolute atomic E-state index is 0.0345. The number of amides is 2. The van der Waals surface area contributed by atoms with E-state index < -0.39 is 6.10 Å². The van der Waals surface area contributed by atoms with Crippen molar-refractivity contribution < 1.29 is 28.9 Å². The molecule has 2 aliphatic rings. The van der Waals surface area contributed by atoms with E-state index in [0.717, 1.165) is 11.1 Å². The van der Waals surface area contributed by atoms with Gasteiger partial charge >= 0.3 is 0 Å². The SMILES string of the molecule is COCC(=O)Nc1ccc2c(c1)[C@H]1C[C@H](CC(=O)NCc3ccc(Cl)cc3)O[C@@H](CO)[C@H]1O2. The quantitative estimate of drug-likeness (QED) is 0.543. The lowest BCUT2D eigenvalue weighted by atomic mass is 9.84. The van der Waals surface area contributed by atoms with Gasteiger partial charge in [-0.15, -0.1) is 0 Å². The van der Waals surface area contributed by atoms with Crippen molar-refractivity contribution in [2.45, 2.75) is 43.6 Å². The monoisotopic (exact) mass is 474 g/mol. The Bertz CT molecular complexity index is 999. The maximum atomic E-state index is 12.6. The van der Waals surface area contributed by atoms with Crippen LogP contribution in [0.1, 0.15) is 29.9 Å². The molecule has 0 spiro atoms. The average molecular weight is 475 g/mol. The van der Waals surface area contributed by atoms with Gasteiger partial charge in [0.05, 0.1) is 19.1 Å². The summed E-state index contributed by atoms with van der Waals surface area (Å²) in [6.07, 6.45) is -0.514. The third kappa shape index (κ3) is 5.65. The summed E-state index contributed by atoms with van der Waals surface area (Å²) in [5, 5.41) is 16.2. The molecule has 2 aliphatic heterocycles. The number of carbonyl (C=O) groups is 2. The van der Waals surface area contributed by atoms with E-state index in [4.69, 9.17) is 25.8 Å². The Labute approximate surface area is 197 Å². The molecule has 8 nitrogen and oxygen atoms in total. The number of nitrogens with one attached hydrogen (secondary N) is 2. The zero-order valence-corrected chi connectivity index (χ0v) is 19.0. The lowest BCUT2D eigenvalue weighted by Crippen LogP contribution is -2.47. The van der Waals surface area contributed by atoms with Crippen LogP contribution in [0.25, 0.3) is 0 Å². The van der Waals surface area contributed by atoms with Gasteiger partial charge in [0.1, 0.15) is 24.6 Å². The Kier molecular flexibility index (Phi) is 7.49. The Morgan fingerprint density at radius 1 is 1.18 bits per heavy atom. The second kappa shape index (κ2) is 10.5. The van der Waals surface area contributed by atoms with Crippen molar-refractivity contribution in [3.63, 3.8) is 0 Å². The summed E-state index contributed by atoms with van der Waals surface area (Å²) in [6.45, 7) is 0.150. The topological polar surface area (TPSA) is 106 Å². The van der Waals surface area contributed by atoms with E-state index in [0.29, 0.717) is 29.4 Å². The normalized spacial score (nSPS) is 23.2. The molecule has 4 rings (SSSR count). The number of benzene rings is 2. The summed E-state index contributed by atoms with van der Waals surface area (Å²) >= 11 is 5.90. The van der Waals surface area contributed by atoms with Crippen LogP contribution < -0.4 is 15.4 Å². The van der Waals surface area contributed by atoms with Crippen LogP contribution in [0.5, 0.6) is 5.75 Å². The summed E-state index contributed by atoms with van der Waals surface area (Å²) in [7, 11) is 1.46. The molecule has 2 heterocycles. The molecule has 0 bridgehead atoms. The number of methoxy groups -OCH3 is 1. The van der Waals surface area contributed by atoms with E-state index in [1.165, 1.54) is 7.11 Å². The zero-order chi connectivity index (χ0) is 23.4. The number of halogens is 1. The van der Waals surface area contributed by atoms with Gasteiger partial charge in [-0.3, -0.25) is 9.59 Å². The highest BCUT2D eigenvalue weighted by Gasteiger charge is 2.46. The third-order valence-electron chi connectivity index (χ3n) is 5.87. The Morgan fingerprint density at radius 3 is 2.70 bits per heavy atom. The summed E-state index contributed by atoms with van der Waals surface area (Å²) in [5.41, 5.74) is 2.53. The number of hydrogen-bond donors (Lipinski definition) is 3. The maximum absolute atomic E-state index is 12.6.